The molecule has 0 saturated carbocycles. The van der Waals surface area contributed by atoms with E-state index >= 15 is 0 Å². The van der Waals surface area contributed by atoms with Gasteiger partial charge in [0.15, 0.2) is 0 Å². The van der Waals surface area contributed by atoms with Crippen LogP contribution in [0.1, 0.15) is 17.5 Å². The Bertz CT molecular complexity index is 525. The molecule has 0 unspecified atom stereocenters. The summed E-state index contributed by atoms with van der Waals surface area (Å²) < 4.78 is 0. The molecule has 0 spiro atoms. The molecule has 3 heteroatoms. The first-order valence-electron chi connectivity index (χ1n) is 6.88. The summed E-state index contributed by atoms with van der Waals surface area (Å²) in [5, 5.41) is 12.3. The molecular weight excluding hydrogens is 266 g/mol. The van der Waals surface area contributed by atoms with Crippen LogP contribution in [0.25, 0.3) is 0 Å². The molecule has 0 aliphatic heterocycles. The SMILES string of the molecule is CSc1ccc(CNc2cccc(CCCO)c2)cc1. The lowest BCUT2D eigenvalue weighted by atomic mass is 10.1. The van der Waals surface area contributed by atoms with Gasteiger partial charge in [0, 0.05) is 23.7 Å². The van der Waals surface area contributed by atoms with Crippen molar-refractivity contribution in [2.24, 2.45) is 0 Å². The van der Waals surface area contributed by atoms with Crippen molar-refractivity contribution in [1.29, 1.82) is 0 Å². The molecule has 0 heterocycles. The van der Waals surface area contributed by atoms with Crippen molar-refractivity contribution in [2.45, 2.75) is 24.3 Å². The van der Waals surface area contributed by atoms with Crippen LogP contribution in [-0.4, -0.2) is 18.0 Å². The summed E-state index contributed by atoms with van der Waals surface area (Å²) in [5.74, 6) is 0. The average molecular weight is 287 g/mol. The Morgan fingerprint density at radius 3 is 2.55 bits per heavy atom. The van der Waals surface area contributed by atoms with E-state index in [0.717, 1.165) is 25.1 Å². The first-order valence-corrected chi connectivity index (χ1v) is 8.11. The fourth-order valence-electron chi connectivity index (χ4n) is 2.07. The van der Waals surface area contributed by atoms with E-state index in [1.165, 1.54) is 16.0 Å². The lowest BCUT2D eigenvalue weighted by molar-refractivity contribution is 0.288. The van der Waals surface area contributed by atoms with Crippen LogP contribution in [-0.2, 0) is 13.0 Å². The summed E-state index contributed by atoms with van der Waals surface area (Å²) in [6, 6.07) is 17.0. The van der Waals surface area contributed by atoms with Crippen molar-refractivity contribution in [2.75, 3.05) is 18.2 Å². The van der Waals surface area contributed by atoms with Gasteiger partial charge in [-0.05, 0) is 54.5 Å². The normalized spacial score (nSPS) is 10.5. The molecule has 0 aliphatic carbocycles. The Labute approximate surface area is 125 Å². The highest BCUT2D eigenvalue weighted by Gasteiger charge is 1.98. The van der Waals surface area contributed by atoms with E-state index in [0.29, 0.717) is 0 Å². The van der Waals surface area contributed by atoms with Gasteiger partial charge in [0.05, 0.1) is 0 Å². The van der Waals surface area contributed by atoms with Crippen molar-refractivity contribution in [3.63, 3.8) is 0 Å². The first-order chi connectivity index (χ1) is 9.81. The number of hydrogen-bond acceptors (Lipinski definition) is 3. The van der Waals surface area contributed by atoms with E-state index in [9.17, 15) is 0 Å². The number of aliphatic hydroxyl groups excluding tert-OH is 1. The van der Waals surface area contributed by atoms with Gasteiger partial charge in [-0.1, -0.05) is 24.3 Å². The third kappa shape index (κ3) is 4.58. The maximum atomic E-state index is 8.87. The summed E-state index contributed by atoms with van der Waals surface area (Å²) in [6.07, 6.45) is 3.83. The lowest BCUT2D eigenvalue weighted by Crippen LogP contribution is -2.00. The molecule has 0 bridgehead atoms. The minimum atomic E-state index is 0.249. The summed E-state index contributed by atoms with van der Waals surface area (Å²) in [5.41, 5.74) is 3.68. The maximum Gasteiger partial charge on any atom is 0.0434 e. The van der Waals surface area contributed by atoms with Gasteiger partial charge in [-0.15, -0.1) is 11.8 Å². The number of benzene rings is 2. The third-order valence-electron chi connectivity index (χ3n) is 3.21. The van der Waals surface area contributed by atoms with Crippen LogP contribution in [0, 0.1) is 0 Å². The highest BCUT2D eigenvalue weighted by Crippen LogP contribution is 2.17. The molecule has 0 aliphatic rings. The second-order valence-corrected chi connectivity index (χ2v) is 5.61. The van der Waals surface area contributed by atoms with Crippen molar-refractivity contribution < 1.29 is 5.11 Å². The molecule has 0 amide bonds. The fraction of sp³-hybridized carbons (Fsp3) is 0.294. The lowest BCUT2D eigenvalue weighted by Gasteiger charge is -2.09. The molecule has 106 valence electrons. The molecule has 2 aromatic carbocycles. The largest absolute Gasteiger partial charge is 0.396 e. The Morgan fingerprint density at radius 2 is 1.85 bits per heavy atom. The molecule has 20 heavy (non-hydrogen) atoms. The van der Waals surface area contributed by atoms with Gasteiger partial charge in [-0.3, -0.25) is 0 Å². The predicted octanol–water partition coefficient (Wildman–Crippen LogP) is 3.95. The second-order valence-electron chi connectivity index (χ2n) is 4.73. The van der Waals surface area contributed by atoms with E-state index in [-0.39, 0.29) is 6.61 Å². The van der Waals surface area contributed by atoms with E-state index in [2.05, 4.69) is 60.1 Å². The monoisotopic (exact) mass is 287 g/mol. The zero-order valence-corrected chi connectivity index (χ0v) is 12.6. The molecular formula is C17H21NOS. The summed E-state index contributed by atoms with van der Waals surface area (Å²) >= 11 is 1.76. The number of anilines is 1. The predicted molar refractivity (Wildman–Crippen MR) is 87.4 cm³/mol. The van der Waals surface area contributed by atoms with Gasteiger partial charge >= 0.3 is 0 Å². The van der Waals surface area contributed by atoms with Crippen molar-refractivity contribution in [3.05, 3.63) is 59.7 Å². The van der Waals surface area contributed by atoms with Crippen LogP contribution in [0.4, 0.5) is 5.69 Å². The van der Waals surface area contributed by atoms with Crippen molar-refractivity contribution in [3.8, 4) is 0 Å². The third-order valence-corrected chi connectivity index (χ3v) is 3.95. The molecule has 2 aromatic rings. The number of nitrogens with one attached hydrogen (secondary N) is 1. The van der Waals surface area contributed by atoms with Crippen molar-refractivity contribution in [1.82, 2.24) is 0 Å². The summed E-state index contributed by atoms with van der Waals surface area (Å²) in [6.45, 7) is 1.08. The van der Waals surface area contributed by atoms with E-state index in [1.54, 1.807) is 11.8 Å². The highest BCUT2D eigenvalue weighted by atomic mass is 32.2. The van der Waals surface area contributed by atoms with Crippen LogP contribution in [0.15, 0.2) is 53.4 Å². The topological polar surface area (TPSA) is 32.3 Å². The Balaban J connectivity index is 1.92. The van der Waals surface area contributed by atoms with Gasteiger partial charge in [0.1, 0.15) is 0 Å². The first kappa shape index (κ1) is 14.9. The number of aryl methyl sites for hydroxylation is 1. The van der Waals surface area contributed by atoms with Gasteiger partial charge in [0.2, 0.25) is 0 Å². The summed E-state index contributed by atoms with van der Waals surface area (Å²) in [7, 11) is 0. The Kier molecular flexibility index (Phi) is 5.96. The van der Waals surface area contributed by atoms with Gasteiger partial charge in [-0.25, -0.2) is 0 Å². The molecule has 0 aromatic heterocycles. The Morgan fingerprint density at radius 1 is 1.05 bits per heavy atom. The van der Waals surface area contributed by atoms with Crippen LogP contribution in [0.3, 0.4) is 0 Å². The van der Waals surface area contributed by atoms with E-state index < -0.39 is 0 Å². The second kappa shape index (κ2) is 7.98. The van der Waals surface area contributed by atoms with Crippen LogP contribution in [0.5, 0.6) is 0 Å². The number of aliphatic hydroxyl groups is 1. The van der Waals surface area contributed by atoms with Crippen LogP contribution >= 0.6 is 11.8 Å². The molecule has 0 saturated heterocycles. The number of thioether (sulfide) groups is 1. The van der Waals surface area contributed by atoms with E-state index in [1.807, 2.05) is 0 Å². The maximum absolute atomic E-state index is 8.87. The smallest absolute Gasteiger partial charge is 0.0434 e. The van der Waals surface area contributed by atoms with Crippen LogP contribution < -0.4 is 5.32 Å². The minimum Gasteiger partial charge on any atom is -0.396 e. The zero-order valence-electron chi connectivity index (χ0n) is 11.8. The Hall–Kier alpha value is -1.45. The highest BCUT2D eigenvalue weighted by molar-refractivity contribution is 7.98. The summed E-state index contributed by atoms with van der Waals surface area (Å²) in [4.78, 5) is 1.29. The fourth-order valence-corrected chi connectivity index (χ4v) is 2.48. The molecule has 2 rings (SSSR count). The molecule has 2 nitrogen and oxygen atoms in total. The number of rotatable bonds is 7. The van der Waals surface area contributed by atoms with Crippen molar-refractivity contribution >= 4 is 17.4 Å². The molecule has 0 radical (unpaired) electrons. The molecule has 0 fully saturated rings. The average Bonchev–Trinajstić information content (AvgIpc) is 2.52. The van der Waals surface area contributed by atoms with Crippen LogP contribution in [0.2, 0.25) is 0 Å². The minimum absolute atomic E-state index is 0.249. The van der Waals surface area contributed by atoms with E-state index in [4.69, 9.17) is 5.11 Å². The number of hydrogen-bond donors (Lipinski definition) is 2. The zero-order chi connectivity index (χ0) is 14.2. The molecule has 0 atom stereocenters. The van der Waals surface area contributed by atoms with Gasteiger partial charge < -0.3 is 10.4 Å². The quantitative estimate of drug-likeness (QED) is 0.756. The van der Waals surface area contributed by atoms with Gasteiger partial charge in [0.25, 0.3) is 0 Å². The standard InChI is InChI=1S/C17H21NOS/c1-20-17-9-7-15(8-10-17)13-18-16-6-2-4-14(12-16)5-3-11-19/h2,4,6-10,12,18-19H,3,5,11,13H2,1H3. The van der Waals surface area contributed by atoms with Gasteiger partial charge in [-0.2, -0.15) is 0 Å². The molecule has 2 N–H and O–H groups in total.